The van der Waals surface area contributed by atoms with Crippen LogP contribution in [0.1, 0.15) is 33.7 Å². The summed E-state index contributed by atoms with van der Waals surface area (Å²) in [5, 5.41) is 9.87. The second-order valence-corrected chi connectivity index (χ2v) is 9.43. The van der Waals surface area contributed by atoms with Gasteiger partial charge in [-0.05, 0) is 60.4 Å². The molecule has 40 heavy (non-hydrogen) atoms. The van der Waals surface area contributed by atoms with Crippen LogP contribution in [0.15, 0.2) is 102 Å². The Balaban J connectivity index is 1.31. The molecule has 0 fully saturated rings. The van der Waals surface area contributed by atoms with Crippen molar-refractivity contribution >= 4 is 5.97 Å². The van der Waals surface area contributed by atoms with Gasteiger partial charge >= 0.3 is 5.97 Å². The van der Waals surface area contributed by atoms with Crippen LogP contribution in [0, 0.1) is 25.2 Å². The van der Waals surface area contributed by atoms with E-state index in [-0.39, 0.29) is 18.2 Å². The van der Waals surface area contributed by atoms with E-state index in [2.05, 4.69) is 6.07 Å². The van der Waals surface area contributed by atoms with Gasteiger partial charge < -0.3 is 24.7 Å². The number of allylic oxidation sites excluding steroid dienone is 1. The lowest BCUT2D eigenvalue weighted by atomic mass is 9.83. The molecule has 1 heterocycles. The first kappa shape index (κ1) is 26.4. The quantitative estimate of drug-likeness (QED) is 0.216. The van der Waals surface area contributed by atoms with Crippen molar-refractivity contribution < 1.29 is 23.7 Å². The van der Waals surface area contributed by atoms with Crippen molar-refractivity contribution in [1.82, 2.24) is 0 Å². The number of nitrogens with two attached hydrogens (primary N) is 1. The Hall–Kier alpha value is -5.22. The minimum atomic E-state index is -0.555. The summed E-state index contributed by atoms with van der Waals surface area (Å²) in [4.78, 5) is 12.5. The molecule has 0 aromatic heterocycles. The van der Waals surface area contributed by atoms with Gasteiger partial charge in [-0.3, -0.25) is 0 Å². The van der Waals surface area contributed by atoms with Gasteiger partial charge in [0.15, 0.2) is 6.61 Å². The molecule has 0 saturated carbocycles. The number of esters is 1. The van der Waals surface area contributed by atoms with Crippen molar-refractivity contribution in [2.24, 2.45) is 5.73 Å². The molecule has 0 spiro atoms. The lowest BCUT2D eigenvalue weighted by Gasteiger charge is -2.26. The summed E-state index contributed by atoms with van der Waals surface area (Å²) in [7, 11) is 0. The third-order valence-electron chi connectivity index (χ3n) is 6.78. The van der Waals surface area contributed by atoms with Gasteiger partial charge in [0, 0.05) is 11.6 Å². The van der Waals surface area contributed by atoms with Crippen LogP contribution in [0.25, 0.3) is 0 Å². The van der Waals surface area contributed by atoms with E-state index in [1.54, 1.807) is 18.2 Å². The zero-order valence-electron chi connectivity index (χ0n) is 22.2. The Bertz CT molecular complexity index is 1600. The molecule has 4 aromatic carbocycles. The normalized spacial score (nSPS) is 14.0. The van der Waals surface area contributed by atoms with Crippen molar-refractivity contribution in [3.8, 4) is 29.1 Å². The Morgan fingerprint density at radius 2 is 1.68 bits per heavy atom. The Morgan fingerprint density at radius 3 is 2.42 bits per heavy atom. The van der Waals surface area contributed by atoms with E-state index in [0.717, 1.165) is 27.8 Å². The highest BCUT2D eigenvalue weighted by Gasteiger charge is 2.31. The lowest BCUT2D eigenvalue weighted by molar-refractivity contribution is -0.136. The molecule has 1 aliphatic rings. The highest BCUT2D eigenvalue weighted by molar-refractivity contribution is 5.74. The van der Waals surface area contributed by atoms with Crippen LogP contribution in [-0.2, 0) is 11.4 Å². The van der Waals surface area contributed by atoms with Crippen molar-refractivity contribution in [3.05, 3.63) is 130 Å². The molecule has 4 aromatic rings. The molecule has 0 amide bonds. The molecule has 1 atom stereocenters. The number of carbonyl (C=O) groups is 1. The van der Waals surface area contributed by atoms with Crippen LogP contribution >= 0.6 is 0 Å². The van der Waals surface area contributed by atoms with Gasteiger partial charge in [0.1, 0.15) is 41.2 Å². The third kappa shape index (κ3) is 5.77. The Labute approximate surface area is 233 Å². The van der Waals surface area contributed by atoms with Gasteiger partial charge in [-0.1, -0.05) is 60.7 Å². The second-order valence-electron chi connectivity index (χ2n) is 9.43. The fourth-order valence-corrected chi connectivity index (χ4v) is 4.52. The van der Waals surface area contributed by atoms with Gasteiger partial charge in [0.05, 0.1) is 5.92 Å². The Morgan fingerprint density at radius 1 is 0.925 bits per heavy atom. The van der Waals surface area contributed by atoms with Crippen molar-refractivity contribution in [1.29, 1.82) is 5.26 Å². The molecule has 7 heteroatoms. The minimum absolute atomic E-state index is 0.00568. The third-order valence-corrected chi connectivity index (χ3v) is 6.78. The predicted octanol–water partition coefficient (Wildman–Crippen LogP) is 6.09. The van der Waals surface area contributed by atoms with E-state index in [9.17, 15) is 10.1 Å². The maximum atomic E-state index is 12.5. The van der Waals surface area contributed by atoms with Crippen molar-refractivity contribution in [2.75, 3.05) is 6.61 Å². The number of nitrogens with zero attached hydrogens (tertiary/aromatic N) is 1. The number of carbonyl (C=O) groups excluding carboxylic acids is 1. The molecule has 0 radical (unpaired) electrons. The monoisotopic (exact) mass is 532 g/mol. The van der Waals surface area contributed by atoms with Gasteiger partial charge in [0.25, 0.3) is 0 Å². The molecule has 1 unspecified atom stereocenters. The van der Waals surface area contributed by atoms with Gasteiger partial charge in [0.2, 0.25) is 5.88 Å². The van der Waals surface area contributed by atoms with E-state index >= 15 is 0 Å². The van der Waals surface area contributed by atoms with Gasteiger partial charge in [-0.25, -0.2) is 4.79 Å². The van der Waals surface area contributed by atoms with E-state index in [1.807, 2.05) is 86.6 Å². The van der Waals surface area contributed by atoms with Crippen molar-refractivity contribution in [2.45, 2.75) is 26.4 Å². The first-order chi connectivity index (χ1) is 19.4. The summed E-state index contributed by atoms with van der Waals surface area (Å²) in [6.45, 7) is 4.12. The fourth-order valence-electron chi connectivity index (χ4n) is 4.52. The molecule has 0 bridgehead atoms. The first-order valence-electron chi connectivity index (χ1n) is 12.8. The maximum absolute atomic E-state index is 12.5. The van der Waals surface area contributed by atoms with Crippen LogP contribution in [-0.4, -0.2) is 12.6 Å². The summed E-state index contributed by atoms with van der Waals surface area (Å²) < 4.78 is 22.8. The van der Waals surface area contributed by atoms with Crippen LogP contribution in [0.3, 0.4) is 0 Å². The lowest BCUT2D eigenvalue weighted by Crippen LogP contribution is -2.21. The molecule has 0 aliphatic carbocycles. The summed E-state index contributed by atoms with van der Waals surface area (Å²) in [5.74, 6) is 1.03. The van der Waals surface area contributed by atoms with E-state index < -0.39 is 11.9 Å². The number of fused-ring (bicyclic) bond motifs is 1. The molecule has 1 aliphatic heterocycles. The summed E-state index contributed by atoms with van der Waals surface area (Å²) in [5.41, 5.74) is 11.1. The standard InChI is InChI=1S/C33H28N2O5/c1-21-7-6-10-29(22(21)2)38-20-31(36)39-26-15-16-27-30(17-26)40-33(35)28(18-34)32(27)24-11-13-25(14-12-24)37-19-23-8-4-3-5-9-23/h3-17,32H,19-20,35H2,1-2H3. The van der Waals surface area contributed by atoms with E-state index in [1.165, 1.54) is 0 Å². The van der Waals surface area contributed by atoms with Crippen LogP contribution in [0.2, 0.25) is 0 Å². The predicted molar refractivity (Wildman–Crippen MR) is 150 cm³/mol. The van der Waals surface area contributed by atoms with Crippen LogP contribution in [0.4, 0.5) is 0 Å². The minimum Gasteiger partial charge on any atom is -0.489 e. The number of ether oxygens (including phenoxy) is 4. The smallest absolute Gasteiger partial charge is 0.349 e. The fraction of sp³-hybridized carbons (Fsp3) is 0.152. The molecular weight excluding hydrogens is 504 g/mol. The SMILES string of the molecule is Cc1cccc(OCC(=O)Oc2ccc3c(c2)OC(N)=C(C#N)C3c2ccc(OCc3ccccc3)cc2)c1C. The molecule has 0 saturated heterocycles. The highest BCUT2D eigenvalue weighted by Crippen LogP contribution is 2.43. The zero-order valence-corrected chi connectivity index (χ0v) is 22.2. The van der Waals surface area contributed by atoms with E-state index in [0.29, 0.717) is 29.4 Å². The average molecular weight is 533 g/mol. The largest absolute Gasteiger partial charge is 0.489 e. The van der Waals surface area contributed by atoms with Crippen molar-refractivity contribution in [3.63, 3.8) is 0 Å². The number of hydrogen-bond donors (Lipinski definition) is 1. The van der Waals surface area contributed by atoms with E-state index in [4.69, 9.17) is 24.7 Å². The van der Waals surface area contributed by atoms with Gasteiger partial charge in [-0.2, -0.15) is 5.26 Å². The molecule has 2 N–H and O–H groups in total. The second kappa shape index (κ2) is 11.7. The highest BCUT2D eigenvalue weighted by atomic mass is 16.6. The summed E-state index contributed by atoms with van der Waals surface area (Å²) in [6.07, 6.45) is 0. The number of aryl methyl sites for hydroxylation is 1. The molecule has 200 valence electrons. The van der Waals surface area contributed by atoms with Gasteiger partial charge in [-0.15, -0.1) is 0 Å². The van der Waals surface area contributed by atoms with Crippen LogP contribution < -0.4 is 24.7 Å². The molecular formula is C33H28N2O5. The zero-order chi connectivity index (χ0) is 28.1. The molecule has 7 nitrogen and oxygen atoms in total. The number of hydrogen-bond acceptors (Lipinski definition) is 7. The topological polar surface area (TPSA) is 104 Å². The average Bonchev–Trinajstić information content (AvgIpc) is 2.97. The number of rotatable bonds is 8. The molecule has 5 rings (SSSR count). The maximum Gasteiger partial charge on any atom is 0.349 e. The summed E-state index contributed by atoms with van der Waals surface area (Å²) in [6, 6.07) is 30.3. The number of nitriles is 1. The summed E-state index contributed by atoms with van der Waals surface area (Å²) >= 11 is 0. The first-order valence-corrected chi connectivity index (χ1v) is 12.8. The van der Waals surface area contributed by atoms with Crippen LogP contribution in [0.5, 0.6) is 23.0 Å². The number of benzene rings is 4. The Kier molecular flexibility index (Phi) is 7.70.